The predicted octanol–water partition coefficient (Wildman–Crippen LogP) is 2.91. The summed E-state index contributed by atoms with van der Waals surface area (Å²) in [5, 5.41) is 3.37. The standard InChI is InChI=1S/C20H34N4O2S/c1-7-21-19(24-13-12-20(4,5)15-24)22-14-17-8-10-18(11-9-17)27(25,26)23(6)16(2)3/h8-11,16H,7,12-15H2,1-6H3,(H,21,22). The van der Waals surface area contributed by atoms with Crippen LogP contribution in [-0.4, -0.2) is 56.3 Å². The average molecular weight is 395 g/mol. The number of nitrogens with zero attached hydrogens (tertiary/aromatic N) is 3. The van der Waals surface area contributed by atoms with Crippen LogP contribution in [0.4, 0.5) is 0 Å². The molecule has 7 heteroatoms. The van der Waals surface area contributed by atoms with E-state index < -0.39 is 10.0 Å². The molecule has 27 heavy (non-hydrogen) atoms. The van der Waals surface area contributed by atoms with E-state index in [0.717, 1.165) is 37.6 Å². The van der Waals surface area contributed by atoms with Crippen molar-refractivity contribution in [2.45, 2.75) is 58.5 Å². The molecular formula is C20H34N4O2S. The highest BCUT2D eigenvalue weighted by molar-refractivity contribution is 7.89. The third kappa shape index (κ3) is 5.45. The second kappa shape index (κ2) is 8.61. The van der Waals surface area contributed by atoms with Gasteiger partial charge in [-0.2, -0.15) is 4.31 Å². The zero-order valence-corrected chi connectivity index (χ0v) is 18.3. The van der Waals surface area contributed by atoms with Gasteiger partial charge in [0.25, 0.3) is 0 Å². The van der Waals surface area contributed by atoms with Crippen LogP contribution in [0.25, 0.3) is 0 Å². The van der Waals surface area contributed by atoms with Gasteiger partial charge in [0.2, 0.25) is 10.0 Å². The SMILES string of the molecule is CCNC(=NCc1ccc(S(=O)(=O)N(C)C(C)C)cc1)N1CCC(C)(C)C1. The summed E-state index contributed by atoms with van der Waals surface area (Å²) in [4.78, 5) is 7.38. The maximum absolute atomic E-state index is 12.6. The van der Waals surface area contributed by atoms with Crippen LogP contribution < -0.4 is 5.32 Å². The first-order valence-electron chi connectivity index (χ1n) is 9.67. The number of aliphatic imine (C=N–C) groups is 1. The molecule has 1 fully saturated rings. The van der Waals surface area contributed by atoms with Gasteiger partial charge >= 0.3 is 0 Å². The molecule has 0 aliphatic carbocycles. The van der Waals surface area contributed by atoms with Crippen molar-refractivity contribution in [1.82, 2.24) is 14.5 Å². The summed E-state index contributed by atoms with van der Waals surface area (Å²) in [6.45, 7) is 13.7. The predicted molar refractivity (Wildman–Crippen MR) is 111 cm³/mol. The summed E-state index contributed by atoms with van der Waals surface area (Å²) in [7, 11) is -1.83. The van der Waals surface area contributed by atoms with Gasteiger partial charge in [-0.05, 0) is 50.3 Å². The Bertz CT molecular complexity index is 755. The van der Waals surface area contributed by atoms with Gasteiger partial charge in [-0.1, -0.05) is 26.0 Å². The van der Waals surface area contributed by atoms with Gasteiger partial charge < -0.3 is 10.2 Å². The molecule has 2 rings (SSSR count). The highest BCUT2D eigenvalue weighted by Gasteiger charge is 2.30. The summed E-state index contributed by atoms with van der Waals surface area (Å²) in [6.07, 6.45) is 1.16. The van der Waals surface area contributed by atoms with Gasteiger partial charge in [0, 0.05) is 32.7 Å². The Kier molecular flexibility index (Phi) is 6.92. The lowest BCUT2D eigenvalue weighted by molar-refractivity contribution is 0.370. The fourth-order valence-corrected chi connectivity index (χ4v) is 4.46. The first-order chi connectivity index (χ1) is 12.6. The highest BCUT2D eigenvalue weighted by Crippen LogP contribution is 2.28. The fraction of sp³-hybridized carbons (Fsp3) is 0.650. The van der Waals surface area contributed by atoms with Crippen molar-refractivity contribution >= 4 is 16.0 Å². The van der Waals surface area contributed by atoms with Crippen LogP contribution in [0, 0.1) is 5.41 Å². The third-order valence-corrected chi connectivity index (χ3v) is 7.10. The monoisotopic (exact) mass is 394 g/mol. The molecule has 0 amide bonds. The van der Waals surface area contributed by atoms with E-state index in [9.17, 15) is 8.42 Å². The molecule has 0 radical (unpaired) electrons. The molecule has 0 bridgehead atoms. The van der Waals surface area contributed by atoms with Crippen LogP contribution in [0.15, 0.2) is 34.2 Å². The lowest BCUT2D eigenvalue weighted by Crippen LogP contribution is -2.40. The van der Waals surface area contributed by atoms with Crippen molar-refractivity contribution in [2.24, 2.45) is 10.4 Å². The van der Waals surface area contributed by atoms with Gasteiger partial charge in [-0.15, -0.1) is 0 Å². The van der Waals surface area contributed by atoms with Crippen LogP contribution in [0.5, 0.6) is 0 Å². The average Bonchev–Trinajstić information content (AvgIpc) is 2.97. The molecule has 1 N–H and O–H groups in total. The number of guanidine groups is 1. The number of likely N-dealkylation sites (tertiary alicyclic amines) is 1. The minimum Gasteiger partial charge on any atom is -0.357 e. The maximum atomic E-state index is 12.6. The summed E-state index contributed by atoms with van der Waals surface area (Å²) >= 11 is 0. The quantitative estimate of drug-likeness (QED) is 0.595. The lowest BCUT2D eigenvalue weighted by Gasteiger charge is -2.23. The van der Waals surface area contributed by atoms with Crippen LogP contribution in [0.2, 0.25) is 0 Å². The number of hydrogen-bond acceptors (Lipinski definition) is 3. The molecule has 6 nitrogen and oxygen atoms in total. The van der Waals surface area contributed by atoms with Crippen LogP contribution in [-0.2, 0) is 16.6 Å². The van der Waals surface area contributed by atoms with Gasteiger partial charge in [0.05, 0.1) is 11.4 Å². The van der Waals surface area contributed by atoms with E-state index in [1.54, 1.807) is 19.2 Å². The van der Waals surface area contributed by atoms with E-state index in [1.165, 1.54) is 4.31 Å². The topological polar surface area (TPSA) is 65.0 Å². The van der Waals surface area contributed by atoms with E-state index in [0.29, 0.717) is 16.9 Å². The number of benzene rings is 1. The minimum absolute atomic E-state index is 0.0772. The van der Waals surface area contributed by atoms with E-state index >= 15 is 0 Å². The summed E-state index contributed by atoms with van der Waals surface area (Å²) in [6, 6.07) is 6.96. The van der Waals surface area contributed by atoms with E-state index in [-0.39, 0.29) is 6.04 Å². The third-order valence-electron chi connectivity index (χ3n) is 5.05. The second-order valence-corrected chi connectivity index (χ2v) is 10.3. The molecule has 0 atom stereocenters. The Morgan fingerprint density at radius 3 is 2.41 bits per heavy atom. The first-order valence-corrected chi connectivity index (χ1v) is 11.1. The van der Waals surface area contributed by atoms with E-state index in [1.807, 2.05) is 26.0 Å². The van der Waals surface area contributed by atoms with Gasteiger partial charge in [-0.25, -0.2) is 13.4 Å². The largest absolute Gasteiger partial charge is 0.357 e. The summed E-state index contributed by atoms with van der Waals surface area (Å²) in [5.41, 5.74) is 1.31. The van der Waals surface area contributed by atoms with Crippen LogP contribution in [0.1, 0.15) is 46.6 Å². The van der Waals surface area contributed by atoms with Crippen molar-refractivity contribution in [2.75, 3.05) is 26.7 Å². The van der Waals surface area contributed by atoms with E-state index in [2.05, 4.69) is 31.0 Å². The fourth-order valence-electron chi connectivity index (χ4n) is 3.10. The molecule has 1 heterocycles. The smallest absolute Gasteiger partial charge is 0.243 e. The number of rotatable bonds is 6. The van der Waals surface area contributed by atoms with Gasteiger partial charge in [-0.3, -0.25) is 0 Å². The number of sulfonamides is 1. The van der Waals surface area contributed by atoms with Gasteiger partial charge in [0.15, 0.2) is 5.96 Å². The highest BCUT2D eigenvalue weighted by atomic mass is 32.2. The zero-order valence-electron chi connectivity index (χ0n) is 17.5. The molecule has 1 saturated heterocycles. The maximum Gasteiger partial charge on any atom is 0.243 e. The molecule has 0 unspecified atom stereocenters. The Hall–Kier alpha value is -1.60. The molecule has 152 valence electrons. The Morgan fingerprint density at radius 2 is 1.93 bits per heavy atom. The molecule has 0 saturated carbocycles. The summed E-state index contributed by atoms with van der Waals surface area (Å²) < 4.78 is 26.5. The number of hydrogen-bond donors (Lipinski definition) is 1. The Balaban J connectivity index is 2.11. The summed E-state index contributed by atoms with van der Waals surface area (Å²) in [5.74, 6) is 0.930. The van der Waals surface area contributed by atoms with Crippen molar-refractivity contribution in [3.8, 4) is 0 Å². The van der Waals surface area contributed by atoms with Crippen LogP contribution in [0.3, 0.4) is 0 Å². The zero-order chi connectivity index (χ0) is 20.2. The molecule has 0 spiro atoms. The molecule has 1 aromatic carbocycles. The second-order valence-electron chi connectivity index (χ2n) is 8.26. The Morgan fingerprint density at radius 1 is 1.30 bits per heavy atom. The lowest BCUT2D eigenvalue weighted by atomic mass is 9.93. The van der Waals surface area contributed by atoms with Gasteiger partial charge in [0.1, 0.15) is 0 Å². The van der Waals surface area contributed by atoms with Crippen molar-refractivity contribution in [3.05, 3.63) is 29.8 Å². The first kappa shape index (κ1) is 21.7. The molecular weight excluding hydrogens is 360 g/mol. The normalized spacial score (nSPS) is 17.8. The minimum atomic E-state index is -3.44. The Labute approximate surface area is 164 Å². The van der Waals surface area contributed by atoms with Crippen molar-refractivity contribution < 1.29 is 8.42 Å². The molecule has 0 aromatic heterocycles. The molecule has 1 aliphatic rings. The molecule has 1 aromatic rings. The number of nitrogens with one attached hydrogen (secondary N) is 1. The van der Waals surface area contributed by atoms with Crippen LogP contribution >= 0.6 is 0 Å². The van der Waals surface area contributed by atoms with Crippen molar-refractivity contribution in [1.29, 1.82) is 0 Å². The van der Waals surface area contributed by atoms with Crippen molar-refractivity contribution in [3.63, 3.8) is 0 Å². The molecule has 1 aliphatic heterocycles. The van der Waals surface area contributed by atoms with E-state index in [4.69, 9.17) is 4.99 Å².